The number of pyridine rings is 1. The molecule has 0 unspecified atom stereocenters. The SMILES string of the molecule is Clc1ccccc1Oc1ncccc1C1=NCCCN1. The summed E-state index contributed by atoms with van der Waals surface area (Å²) in [6.07, 6.45) is 2.74. The van der Waals surface area contributed by atoms with Gasteiger partial charge in [0.1, 0.15) is 11.6 Å². The monoisotopic (exact) mass is 287 g/mol. The van der Waals surface area contributed by atoms with E-state index in [-0.39, 0.29) is 0 Å². The van der Waals surface area contributed by atoms with Crippen molar-refractivity contribution >= 4 is 17.4 Å². The number of amidine groups is 1. The maximum Gasteiger partial charge on any atom is 0.230 e. The fraction of sp³-hybridized carbons (Fsp3) is 0.200. The summed E-state index contributed by atoms with van der Waals surface area (Å²) in [5, 5.41) is 3.83. The van der Waals surface area contributed by atoms with Crippen LogP contribution in [-0.4, -0.2) is 23.9 Å². The topological polar surface area (TPSA) is 46.5 Å². The molecule has 20 heavy (non-hydrogen) atoms. The van der Waals surface area contributed by atoms with Crippen LogP contribution < -0.4 is 10.1 Å². The lowest BCUT2D eigenvalue weighted by Crippen LogP contribution is -2.30. The minimum absolute atomic E-state index is 0.508. The normalized spacial score (nSPS) is 14.3. The minimum atomic E-state index is 0.508. The highest BCUT2D eigenvalue weighted by Crippen LogP contribution is 2.29. The third-order valence-corrected chi connectivity index (χ3v) is 3.28. The van der Waals surface area contributed by atoms with Crippen LogP contribution in [0.5, 0.6) is 11.6 Å². The molecule has 1 aromatic carbocycles. The van der Waals surface area contributed by atoms with Gasteiger partial charge in [-0.1, -0.05) is 23.7 Å². The predicted molar refractivity (Wildman–Crippen MR) is 79.8 cm³/mol. The quantitative estimate of drug-likeness (QED) is 0.942. The van der Waals surface area contributed by atoms with Crippen LogP contribution in [0.1, 0.15) is 12.0 Å². The van der Waals surface area contributed by atoms with Crippen LogP contribution in [0.15, 0.2) is 47.6 Å². The van der Waals surface area contributed by atoms with Crippen molar-refractivity contribution in [3.8, 4) is 11.6 Å². The number of para-hydroxylation sites is 1. The van der Waals surface area contributed by atoms with Crippen LogP contribution in [-0.2, 0) is 0 Å². The second-order valence-corrected chi connectivity index (χ2v) is 4.81. The highest BCUT2D eigenvalue weighted by atomic mass is 35.5. The summed E-state index contributed by atoms with van der Waals surface area (Å²) in [7, 11) is 0. The van der Waals surface area contributed by atoms with Gasteiger partial charge >= 0.3 is 0 Å². The van der Waals surface area contributed by atoms with Crippen LogP contribution in [0.3, 0.4) is 0 Å². The first-order valence-electron chi connectivity index (χ1n) is 6.51. The molecule has 0 amide bonds. The number of ether oxygens (including phenoxy) is 1. The van der Waals surface area contributed by atoms with Gasteiger partial charge in [-0.25, -0.2) is 4.98 Å². The molecular formula is C15H14ClN3O. The second-order valence-electron chi connectivity index (χ2n) is 4.40. The summed E-state index contributed by atoms with van der Waals surface area (Å²) >= 11 is 6.11. The minimum Gasteiger partial charge on any atom is -0.437 e. The number of halogens is 1. The van der Waals surface area contributed by atoms with E-state index in [1.165, 1.54) is 0 Å². The molecular weight excluding hydrogens is 274 g/mol. The van der Waals surface area contributed by atoms with Crippen molar-refractivity contribution in [1.29, 1.82) is 0 Å². The van der Waals surface area contributed by atoms with Crippen LogP contribution in [0.25, 0.3) is 0 Å². The van der Waals surface area contributed by atoms with E-state index in [4.69, 9.17) is 16.3 Å². The Morgan fingerprint density at radius 2 is 2.05 bits per heavy atom. The average Bonchev–Trinajstić information content (AvgIpc) is 2.51. The van der Waals surface area contributed by atoms with Crippen LogP contribution in [0.4, 0.5) is 0 Å². The fourth-order valence-electron chi connectivity index (χ4n) is 2.00. The molecule has 0 saturated heterocycles. The lowest BCUT2D eigenvalue weighted by Gasteiger charge is -2.17. The Bertz CT molecular complexity index is 643. The molecule has 0 bridgehead atoms. The first-order chi connectivity index (χ1) is 9.84. The Morgan fingerprint density at radius 1 is 1.15 bits per heavy atom. The highest BCUT2D eigenvalue weighted by molar-refractivity contribution is 6.32. The zero-order valence-corrected chi connectivity index (χ0v) is 11.6. The zero-order valence-electron chi connectivity index (χ0n) is 10.8. The van der Waals surface area contributed by atoms with E-state index in [9.17, 15) is 0 Å². The first-order valence-corrected chi connectivity index (χ1v) is 6.88. The summed E-state index contributed by atoms with van der Waals surface area (Å²) in [5.74, 6) is 1.92. The fourth-order valence-corrected chi connectivity index (χ4v) is 2.17. The van der Waals surface area contributed by atoms with Gasteiger partial charge in [-0.3, -0.25) is 4.99 Å². The number of aromatic nitrogens is 1. The molecule has 2 heterocycles. The largest absolute Gasteiger partial charge is 0.437 e. The maximum atomic E-state index is 6.11. The Morgan fingerprint density at radius 3 is 2.85 bits per heavy atom. The van der Waals surface area contributed by atoms with E-state index < -0.39 is 0 Å². The lowest BCUT2D eigenvalue weighted by molar-refractivity contribution is 0.461. The van der Waals surface area contributed by atoms with Gasteiger partial charge in [0, 0.05) is 19.3 Å². The number of rotatable bonds is 3. The average molecular weight is 288 g/mol. The van der Waals surface area contributed by atoms with Crippen molar-refractivity contribution in [2.45, 2.75) is 6.42 Å². The summed E-state index contributed by atoms with van der Waals surface area (Å²) in [5.41, 5.74) is 0.854. The number of hydrogen-bond acceptors (Lipinski definition) is 4. The number of hydrogen-bond donors (Lipinski definition) is 1. The van der Waals surface area contributed by atoms with E-state index in [2.05, 4.69) is 15.3 Å². The van der Waals surface area contributed by atoms with Crippen LogP contribution >= 0.6 is 11.6 Å². The molecule has 5 heteroatoms. The molecule has 3 rings (SSSR count). The van der Waals surface area contributed by atoms with Crippen molar-refractivity contribution in [1.82, 2.24) is 10.3 Å². The van der Waals surface area contributed by atoms with Crippen LogP contribution in [0, 0.1) is 0 Å². The first kappa shape index (κ1) is 12.9. The Labute approximate surface area is 122 Å². The molecule has 0 spiro atoms. The maximum absolute atomic E-state index is 6.11. The van der Waals surface area contributed by atoms with Crippen molar-refractivity contribution in [3.63, 3.8) is 0 Å². The molecule has 0 saturated carbocycles. The van der Waals surface area contributed by atoms with Crippen molar-refractivity contribution < 1.29 is 4.74 Å². The zero-order chi connectivity index (χ0) is 13.8. The standard InChI is InChI=1S/C15H14ClN3O/c16-12-6-1-2-7-13(12)20-15-11(5-3-8-19-15)14-17-9-4-10-18-14/h1-3,5-8H,4,9-10H2,(H,17,18). The van der Waals surface area contributed by atoms with Gasteiger partial charge in [0.25, 0.3) is 0 Å². The van der Waals surface area contributed by atoms with Crippen molar-refractivity contribution in [2.75, 3.05) is 13.1 Å². The third-order valence-electron chi connectivity index (χ3n) is 2.97. The number of benzene rings is 1. The van der Waals surface area contributed by atoms with Crippen LogP contribution in [0.2, 0.25) is 5.02 Å². The van der Waals surface area contributed by atoms with E-state index in [1.54, 1.807) is 12.3 Å². The van der Waals surface area contributed by atoms with E-state index >= 15 is 0 Å². The van der Waals surface area contributed by atoms with Gasteiger partial charge in [-0.05, 0) is 30.7 Å². The molecule has 0 fully saturated rings. The summed E-state index contributed by atoms with van der Waals surface area (Å²) < 4.78 is 5.83. The van der Waals surface area contributed by atoms with Gasteiger partial charge in [-0.2, -0.15) is 0 Å². The highest BCUT2D eigenvalue weighted by Gasteiger charge is 2.14. The number of nitrogens with one attached hydrogen (secondary N) is 1. The molecule has 0 aliphatic carbocycles. The second kappa shape index (κ2) is 5.92. The van der Waals surface area contributed by atoms with Gasteiger partial charge in [-0.15, -0.1) is 0 Å². The van der Waals surface area contributed by atoms with Gasteiger partial charge in [0.05, 0.1) is 10.6 Å². The van der Waals surface area contributed by atoms with Gasteiger partial charge in [0.15, 0.2) is 0 Å². The van der Waals surface area contributed by atoms with Gasteiger partial charge < -0.3 is 10.1 Å². The Hall–Kier alpha value is -2.07. The number of nitrogens with zero attached hydrogens (tertiary/aromatic N) is 2. The molecule has 1 aliphatic heterocycles. The molecule has 1 aliphatic rings. The predicted octanol–water partition coefficient (Wildman–Crippen LogP) is 3.27. The molecule has 1 N–H and O–H groups in total. The Kier molecular flexibility index (Phi) is 3.83. The van der Waals surface area contributed by atoms with E-state index in [0.717, 1.165) is 30.9 Å². The molecule has 102 valence electrons. The van der Waals surface area contributed by atoms with Crippen molar-refractivity contribution in [3.05, 3.63) is 53.2 Å². The Balaban J connectivity index is 1.94. The molecule has 4 nitrogen and oxygen atoms in total. The third kappa shape index (κ3) is 2.75. The van der Waals surface area contributed by atoms with Gasteiger partial charge in [0.2, 0.25) is 5.88 Å². The summed E-state index contributed by atoms with van der Waals surface area (Å²) in [4.78, 5) is 8.77. The molecule has 1 aromatic heterocycles. The smallest absolute Gasteiger partial charge is 0.230 e. The summed E-state index contributed by atoms with van der Waals surface area (Å²) in [6, 6.07) is 11.2. The number of aliphatic imine (C=N–C) groups is 1. The van der Waals surface area contributed by atoms with E-state index in [1.807, 2.05) is 30.3 Å². The molecule has 0 radical (unpaired) electrons. The van der Waals surface area contributed by atoms with E-state index in [0.29, 0.717) is 16.7 Å². The molecule has 2 aromatic rings. The summed E-state index contributed by atoms with van der Waals surface area (Å²) in [6.45, 7) is 1.74. The molecule has 0 atom stereocenters. The lowest BCUT2D eigenvalue weighted by atomic mass is 10.2. The van der Waals surface area contributed by atoms with Crippen molar-refractivity contribution in [2.24, 2.45) is 4.99 Å².